The first-order chi connectivity index (χ1) is 21.2. The van der Waals surface area contributed by atoms with Crippen molar-refractivity contribution >= 4 is 24.2 Å². The lowest BCUT2D eigenvalue weighted by Gasteiger charge is -2.43. The molecule has 2 aliphatic rings. The third-order valence-corrected chi connectivity index (χ3v) is 7.43. The lowest BCUT2D eigenvalue weighted by Crippen LogP contribution is -2.61. The smallest absolute Gasteiger partial charge is 0.434 e. The van der Waals surface area contributed by atoms with Crippen LogP contribution in [0.3, 0.4) is 0 Å². The summed E-state index contributed by atoms with van der Waals surface area (Å²) in [4.78, 5) is 61.7. The Morgan fingerprint density at radius 1 is 0.889 bits per heavy atom. The van der Waals surface area contributed by atoms with Gasteiger partial charge in [0.05, 0.1) is 12.6 Å². The summed E-state index contributed by atoms with van der Waals surface area (Å²) in [6, 6.07) is 8.02. The topological polar surface area (TPSA) is 127 Å². The fourth-order valence-electron chi connectivity index (χ4n) is 5.17. The van der Waals surface area contributed by atoms with Crippen molar-refractivity contribution in [2.45, 2.75) is 123 Å². The van der Waals surface area contributed by atoms with Gasteiger partial charge < -0.3 is 24.4 Å². The number of unbranched alkanes of at least 4 members (excludes halogenated alkanes) is 1. The maximum atomic E-state index is 13.6. The molecule has 4 amide bonds. The van der Waals surface area contributed by atoms with Crippen LogP contribution in [0.1, 0.15) is 92.6 Å². The predicted molar refractivity (Wildman–Crippen MR) is 168 cm³/mol. The number of hydrogen-bond donors (Lipinski definition) is 1. The fourth-order valence-corrected chi connectivity index (χ4v) is 5.17. The SMILES string of the molecule is CCCCON(C(=O)OC(C)(C)C)[C@@H]1CCC(C(=O)NC2CCN(C(=O)OCc3ccccc3)CC2)N(C(=O)OC(C)(C)C)C1. The summed E-state index contributed by atoms with van der Waals surface area (Å²) in [5.74, 6) is -0.292. The van der Waals surface area contributed by atoms with Crippen molar-refractivity contribution in [3.05, 3.63) is 35.9 Å². The van der Waals surface area contributed by atoms with Gasteiger partial charge in [0.2, 0.25) is 5.91 Å². The first-order valence-electron chi connectivity index (χ1n) is 16.1. The van der Waals surface area contributed by atoms with Gasteiger partial charge in [0.15, 0.2) is 0 Å². The molecular weight excluding hydrogens is 580 g/mol. The van der Waals surface area contributed by atoms with Gasteiger partial charge in [0.1, 0.15) is 23.9 Å². The Morgan fingerprint density at radius 3 is 2.13 bits per heavy atom. The summed E-state index contributed by atoms with van der Waals surface area (Å²) in [5.41, 5.74) is -0.603. The van der Waals surface area contributed by atoms with Crippen LogP contribution in [0.4, 0.5) is 14.4 Å². The van der Waals surface area contributed by atoms with E-state index in [2.05, 4.69) is 5.32 Å². The van der Waals surface area contributed by atoms with E-state index in [-0.39, 0.29) is 31.2 Å². The molecule has 0 aliphatic carbocycles. The van der Waals surface area contributed by atoms with E-state index in [9.17, 15) is 19.2 Å². The number of benzene rings is 1. The van der Waals surface area contributed by atoms with E-state index in [4.69, 9.17) is 19.0 Å². The van der Waals surface area contributed by atoms with Gasteiger partial charge >= 0.3 is 18.3 Å². The van der Waals surface area contributed by atoms with Crippen LogP contribution in [0.15, 0.2) is 30.3 Å². The lowest BCUT2D eigenvalue weighted by atomic mass is 9.96. The number of nitrogens with zero attached hydrogens (tertiary/aromatic N) is 3. The summed E-state index contributed by atoms with van der Waals surface area (Å²) in [6.45, 7) is 14.1. The minimum absolute atomic E-state index is 0.0457. The van der Waals surface area contributed by atoms with Crippen molar-refractivity contribution in [3.63, 3.8) is 0 Å². The van der Waals surface area contributed by atoms with Crippen LogP contribution in [0.5, 0.6) is 0 Å². The van der Waals surface area contributed by atoms with E-state index in [1.54, 1.807) is 46.4 Å². The van der Waals surface area contributed by atoms with Crippen LogP contribution in [-0.4, -0.2) is 94.6 Å². The Balaban J connectivity index is 1.64. The number of nitrogens with one attached hydrogen (secondary N) is 1. The highest BCUT2D eigenvalue weighted by Gasteiger charge is 2.43. The molecule has 1 aromatic rings. The second-order valence-corrected chi connectivity index (χ2v) is 13.7. The minimum Gasteiger partial charge on any atom is -0.445 e. The third kappa shape index (κ3) is 11.7. The largest absolute Gasteiger partial charge is 0.445 e. The van der Waals surface area contributed by atoms with E-state index < -0.39 is 35.5 Å². The highest BCUT2D eigenvalue weighted by molar-refractivity contribution is 5.86. The molecule has 45 heavy (non-hydrogen) atoms. The zero-order valence-electron chi connectivity index (χ0n) is 28.0. The van der Waals surface area contributed by atoms with Crippen molar-refractivity contribution < 1.29 is 38.2 Å². The number of rotatable bonds is 9. The van der Waals surface area contributed by atoms with Crippen molar-refractivity contribution in [2.24, 2.45) is 0 Å². The average Bonchev–Trinajstić information content (AvgIpc) is 2.97. The van der Waals surface area contributed by atoms with Crippen LogP contribution < -0.4 is 5.32 Å². The molecule has 1 aromatic carbocycles. The van der Waals surface area contributed by atoms with Gasteiger partial charge in [-0.3, -0.25) is 14.5 Å². The van der Waals surface area contributed by atoms with Crippen molar-refractivity contribution in [3.8, 4) is 0 Å². The Morgan fingerprint density at radius 2 is 1.53 bits per heavy atom. The number of hydrogen-bond acceptors (Lipinski definition) is 8. The monoisotopic (exact) mass is 632 g/mol. The molecular formula is C33H52N4O8. The molecule has 1 unspecified atom stereocenters. The molecule has 2 heterocycles. The molecule has 12 nitrogen and oxygen atoms in total. The number of amides is 4. The lowest BCUT2D eigenvalue weighted by molar-refractivity contribution is -0.182. The number of hydroxylamine groups is 2. The number of carbonyl (C=O) groups excluding carboxylic acids is 4. The first kappa shape index (κ1) is 35.9. The van der Waals surface area contributed by atoms with Gasteiger partial charge in [-0.2, -0.15) is 5.06 Å². The molecule has 2 aliphatic heterocycles. The Hall–Kier alpha value is -3.54. The number of ether oxygens (including phenoxy) is 3. The van der Waals surface area contributed by atoms with Gasteiger partial charge in [0, 0.05) is 25.7 Å². The van der Waals surface area contributed by atoms with Crippen molar-refractivity contribution in [1.82, 2.24) is 20.2 Å². The van der Waals surface area contributed by atoms with E-state index in [1.165, 1.54) is 9.96 Å². The maximum absolute atomic E-state index is 13.6. The summed E-state index contributed by atoms with van der Waals surface area (Å²) in [5, 5.41) is 4.31. The van der Waals surface area contributed by atoms with Gasteiger partial charge in [-0.15, -0.1) is 0 Å². The van der Waals surface area contributed by atoms with E-state index in [0.717, 1.165) is 18.4 Å². The highest BCUT2D eigenvalue weighted by Crippen LogP contribution is 2.26. The zero-order chi connectivity index (χ0) is 33.2. The molecule has 3 rings (SSSR count). The van der Waals surface area contributed by atoms with Crippen molar-refractivity contribution in [1.29, 1.82) is 0 Å². The summed E-state index contributed by atoms with van der Waals surface area (Å²) < 4.78 is 16.8. The normalized spacial score (nSPS) is 19.4. The van der Waals surface area contributed by atoms with E-state index in [0.29, 0.717) is 45.4 Å². The Bertz CT molecular complexity index is 1130. The second kappa shape index (κ2) is 16.1. The van der Waals surface area contributed by atoms with Crippen LogP contribution in [-0.2, 0) is 30.4 Å². The van der Waals surface area contributed by atoms with Crippen LogP contribution in [0.2, 0.25) is 0 Å². The van der Waals surface area contributed by atoms with E-state index >= 15 is 0 Å². The molecule has 12 heteroatoms. The van der Waals surface area contributed by atoms with Gasteiger partial charge in [-0.25, -0.2) is 14.4 Å². The van der Waals surface area contributed by atoms with Crippen LogP contribution >= 0.6 is 0 Å². The molecule has 2 saturated heterocycles. The standard InChI is InChI=1S/C33H52N4O8/c1-8-9-21-43-37(31(41)45-33(5,6)7)26-15-16-27(36(22-26)30(40)44-32(2,3)4)28(38)34-25-17-19-35(20-18-25)29(39)42-23-24-13-11-10-12-14-24/h10-14,25-27H,8-9,15-23H2,1-7H3,(H,34,38)/t26-,27?/m1/s1. The number of carbonyl (C=O) groups is 4. The second-order valence-electron chi connectivity index (χ2n) is 13.7. The van der Waals surface area contributed by atoms with Crippen molar-refractivity contribution in [2.75, 3.05) is 26.2 Å². The van der Waals surface area contributed by atoms with Gasteiger partial charge in [0.25, 0.3) is 0 Å². The molecule has 252 valence electrons. The molecule has 0 aromatic heterocycles. The van der Waals surface area contributed by atoms with E-state index in [1.807, 2.05) is 37.3 Å². The van der Waals surface area contributed by atoms with Crippen LogP contribution in [0.25, 0.3) is 0 Å². The van der Waals surface area contributed by atoms with Gasteiger partial charge in [-0.05, 0) is 79.2 Å². The molecule has 2 fully saturated rings. The van der Waals surface area contributed by atoms with Crippen LogP contribution in [0, 0.1) is 0 Å². The molecule has 0 spiro atoms. The zero-order valence-corrected chi connectivity index (χ0v) is 28.0. The Labute approximate surface area is 267 Å². The summed E-state index contributed by atoms with van der Waals surface area (Å²) >= 11 is 0. The third-order valence-electron chi connectivity index (χ3n) is 7.43. The number of piperidine rings is 2. The highest BCUT2D eigenvalue weighted by atomic mass is 16.7. The molecule has 2 atom stereocenters. The summed E-state index contributed by atoms with van der Waals surface area (Å²) in [7, 11) is 0. The minimum atomic E-state index is -0.791. The first-order valence-corrected chi connectivity index (χ1v) is 16.1. The maximum Gasteiger partial charge on any atom is 0.434 e. The molecule has 0 bridgehead atoms. The summed E-state index contributed by atoms with van der Waals surface area (Å²) in [6.07, 6.45) is 1.82. The fraction of sp³-hybridized carbons (Fsp3) is 0.697. The predicted octanol–water partition coefficient (Wildman–Crippen LogP) is 5.64. The average molecular weight is 633 g/mol. The molecule has 1 N–H and O–H groups in total. The molecule has 0 radical (unpaired) electrons. The molecule has 0 saturated carbocycles. The van der Waals surface area contributed by atoms with Gasteiger partial charge in [-0.1, -0.05) is 43.7 Å². The quantitative estimate of drug-likeness (QED) is 0.211. The number of likely N-dealkylation sites (tertiary alicyclic amines) is 2. The Kier molecular flexibility index (Phi) is 12.9.